The molecular formula is C12H13FN4O2S. The van der Waals surface area contributed by atoms with Gasteiger partial charge in [0.15, 0.2) is 9.84 Å². The number of H-pyrrole nitrogens is 1. The molecule has 0 bridgehead atoms. The molecule has 0 fully saturated rings. The maximum atomic E-state index is 13.4. The number of benzene rings is 1. The summed E-state index contributed by atoms with van der Waals surface area (Å²) in [6.45, 7) is 0.417. The second-order valence-electron chi connectivity index (χ2n) is 4.66. The summed E-state index contributed by atoms with van der Waals surface area (Å²) in [4.78, 5) is 4.19. The lowest BCUT2D eigenvalue weighted by molar-refractivity contribution is 0.480. The molecule has 2 aromatic rings. The highest BCUT2D eigenvalue weighted by Gasteiger charge is 2.30. The van der Waals surface area contributed by atoms with Gasteiger partial charge in [0.25, 0.3) is 0 Å². The molecule has 1 aliphatic rings. The fraction of sp³-hybridized carbons (Fsp3) is 0.333. The molecule has 0 radical (unpaired) electrons. The highest BCUT2D eigenvalue weighted by Crippen LogP contribution is 2.32. The van der Waals surface area contributed by atoms with Gasteiger partial charge in [0, 0.05) is 6.04 Å². The van der Waals surface area contributed by atoms with E-state index < -0.39 is 15.7 Å². The monoisotopic (exact) mass is 296 g/mol. The molecule has 2 N–H and O–H groups in total. The lowest BCUT2D eigenvalue weighted by atomic mass is 10.0. The SMILES string of the molecule is O=S1(=O)CCC(NCc2ncn[nH]2)c2cc(F)ccc21. The molecule has 0 amide bonds. The zero-order valence-corrected chi connectivity index (χ0v) is 11.3. The minimum Gasteiger partial charge on any atom is -0.303 e. The Bertz CT molecular complexity index is 715. The van der Waals surface area contributed by atoms with E-state index in [2.05, 4.69) is 20.5 Å². The van der Waals surface area contributed by atoms with Gasteiger partial charge in [0.1, 0.15) is 18.0 Å². The highest BCUT2D eigenvalue weighted by molar-refractivity contribution is 7.91. The van der Waals surface area contributed by atoms with Crippen LogP contribution >= 0.6 is 0 Å². The molecule has 2 heterocycles. The maximum Gasteiger partial charge on any atom is 0.178 e. The quantitative estimate of drug-likeness (QED) is 0.823. The summed E-state index contributed by atoms with van der Waals surface area (Å²) in [7, 11) is -3.31. The Balaban J connectivity index is 1.89. The van der Waals surface area contributed by atoms with Crippen LogP contribution in [0.25, 0.3) is 0 Å². The van der Waals surface area contributed by atoms with E-state index in [4.69, 9.17) is 0 Å². The molecule has 3 rings (SSSR count). The van der Waals surface area contributed by atoms with Crippen LogP contribution in [0.3, 0.4) is 0 Å². The van der Waals surface area contributed by atoms with E-state index in [1.54, 1.807) is 0 Å². The second kappa shape index (κ2) is 4.95. The second-order valence-corrected chi connectivity index (χ2v) is 6.73. The molecule has 1 unspecified atom stereocenters. The lowest BCUT2D eigenvalue weighted by Crippen LogP contribution is -2.30. The molecule has 1 aliphatic heterocycles. The maximum absolute atomic E-state index is 13.4. The standard InChI is InChI=1S/C12H13FN4O2S/c13-8-1-2-11-9(5-8)10(3-4-20(11,18)19)14-6-12-15-7-16-17-12/h1-2,5,7,10,14H,3-4,6H2,(H,15,16,17). The van der Waals surface area contributed by atoms with Gasteiger partial charge in [0.05, 0.1) is 17.2 Å². The van der Waals surface area contributed by atoms with E-state index in [0.717, 1.165) is 0 Å². The van der Waals surface area contributed by atoms with Crippen molar-refractivity contribution < 1.29 is 12.8 Å². The van der Waals surface area contributed by atoms with Crippen molar-refractivity contribution in [2.75, 3.05) is 5.75 Å². The largest absolute Gasteiger partial charge is 0.303 e. The molecule has 6 nitrogen and oxygen atoms in total. The van der Waals surface area contributed by atoms with E-state index in [1.165, 1.54) is 24.5 Å². The van der Waals surface area contributed by atoms with Crippen LogP contribution in [-0.2, 0) is 16.4 Å². The summed E-state index contributed by atoms with van der Waals surface area (Å²) in [5.74, 6) is 0.267. The summed E-state index contributed by atoms with van der Waals surface area (Å²) in [6.07, 6.45) is 1.81. The Morgan fingerprint density at radius 3 is 3.05 bits per heavy atom. The Morgan fingerprint density at radius 2 is 2.30 bits per heavy atom. The van der Waals surface area contributed by atoms with Crippen LogP contribution in [0.4, 0.5) is 4.39 Å². The van der Waals surface area contributed by atoms with Gasteiger partial charge in [-0.1, -0.05) is 0 Å². The third kappa shape index (κ3) is 2.44. The van der Waals surface area contributed by atoms with Crippen LogP contribution in [-0.4, -0.2) is 29.4 Å². The van der Waals surface area contributed by atoms with Crippen molar-refractivity contribution in [3.05, 3.63) is 41.7 Å². The van der Waals surface area contributed by atoms with Gasteiger partial charge in [-0.15, -0.1) is 0 Å². The molecule has 0 saturated heterocycles. The fourth-order valence-electron chi connectivity index (χ4n) is 2.36. The number of fused-ring (bicyclic) bond motifs is 1. The van der Waals surface area contributed by atoms with Crippen molar-refractivity contribution >= 4 is 9.84 Å². The minimum atomic E-state index is -3.31. The third-order valence-corrected chi connectivity index (χ3v) is 5.15. The lowest BCUT2D eigenvalue weighted by Gasteiger charge is -2.26. The van der Waals surface area contributed by atoms with Crippen LogP contribution in [0, 0.1) is 5.82 Å². The van der Waals surface area contributed by atoms with Gasteiger partial charge in [-0.05, 0) is 30.2 Å². The topological polar surface area (TPSA) is 87.7 Å². The number of aromatic nitrogens is 3. The third-order valence-electron chi connectivity index (χ3n) is 3.34. The van der Waals surface area contributed by atoms with Crippen molar-refractivity contribution in [3.8, 4) is 0 Å². The average molecular weight is 296 g/mol. The van der Waals surface area contributed by atoms with Crippen molar-refractivity contribution in [1.29, 1.82) is 0 Å². The number of nitrogens with zero attached hydrogens (tertiary/aromatic N) is 2. The summed E-state index contributed by atoms with van der Waals surface area (Å²) in [5.41, 5.74) is 0.482. The fourth-order valence-corrected chi connectivity index (χ4v) is 3.96. The number of nitrogens with one attached hydrogen (secondary N) is 2. The van der Waals surface area contributed by atoms with E-state index in [0.29, 0.717) is 24.4 Å². The molecule has 1 aromatic carbocycles. The van der Waals surface area contributed by atoms with Gasteiger partial charge >= 0.3 is 0 Å². The molecule has 20 heavy (non-hydrogen) atoms. The number of rotatable bonds is 3. The first kappa shape index (κ1) is 13.2. The predicted octanol–water partition coefficient (Wildman–Crippen LogP) is 0.952. The van der Waals surface area contributed by atoms with Gasteiger partial charge in [-0.25, -0.2) is 17.8 Å². The van der Waals surface area contributed by atoms with Crippen molar-refractivity contribution in [2.45, 2.75) is 23.9 Å². The summed E-state index contributed by atoms with van der Waals surface area (Å²) in [5, 5.41) is 9.63. The van der Waals surface area contributed by atoms with Crippen LogP contribution in [0.1, 0.15) is 23.9 Å². The zero-order valence-electron chi connectivity index (χ0n) is 10.5. The molecule has 106 valence electrons. The average Bonchev–Trinajstić information content (AvgIpc) is 2.90. The minimum absolute atomic E-state index is 0.0553. The Labute approximate surface area is 115 Å². The smallest absolute Gasteiger partial charge is 0.178 e. The first-order valence-corrected chi connectivity index (χ1v) is 7.81. The first-order valence-electron chi connectivity index (χ1n) is 6.16. The van der Waals surface area contributed by atoms with Gasteiger partial charge < -0.3 is 5.32 Å². The van der Waals surface area contributed by atoms with Crippen molar-refractivity contribution in [2.24, 2.45) is 0 Å². The molecule has 1 atom stereocenters. The molecule has 0 saturated carbocycles. The van der Waals surface area contributed by atoms with Crippen LogP contribution in [0.5, 0.6) is 0 Å². The van der Waals surface area contributed by atoms with Crippen LogP contribution in [0.2, 0.25) is 0 Å². The molecule has 1 aromatic heterocycles. The molecular weight excluding hydrogens is 283 g/mol. The first-order chi connectivity index (χ1) is 9.56. The van der Waals surface area contributed by atoms with Crippen LogP contribution in [0.15, 0.2) is 29.4 Å². The zero-order chi connectivity index (χ0) is 14.2. The summed E-state index contributed by atoms with van der Waals surface area (Å²) >= 11 is 0. The number of halogens is 1. The molecule has 0 spiro atoms. The number of hydrogen-bond acceptors (Lipinski definition) is 5. The number of sulfone groups is 1. The molecule has 8 heteroatoms. The van der Waals surface area contributed by atoms with Crippen molar-refractivity contribution in [3.63, 3.8) is 0 Å². The molecule has 0 aliphatic carbocycles. The van der Waals surface area contributed by atoms with Gasteiger partial charge in [-0.2, -0.15) is 5.10 Å². The Hall–Kier alpha value is -1.80. The summed E-state index contributed by atoms with van der Waals surface area (Å²) in [6, 6.07) is 3.58. The number of aromatic amines is 1. The normalized spacial score (nSPS) is 20.6. The van der Waals surface area contributed by atoms with E-state index in [1.807, 2.05) is 0 Å². The van der Waals surface area contributed by atoms with E-state index in [-0.39, 0.29) is 16.7 Å². The Morgan fingerprint density at radius 1 is 1.45 bits per heavy atom. The van der Waals surface area contributed by atoms with Gasteiger partial charge in [-0.3, -0.25) is 5.10 Å². The van der Waals surface area contributed by atoms with Gasteiger partial charge in [0.2, 0.25) is 0 Å². The summed E-state index contributed by atoms with van der Waals surface area (Å²) < 4.78 is 37.4. The Kier molecular flexibility index (Phi) is 3.27. The van der Waals surface area contributed by atoms with Crippen LogP contribution < -0.4 is 5.32 Å². The number of hydrogen-bond donors (Lipinski definition) is 2. The highest BCUT2D eigenvalue weighted by atomic mass is 32.2. The van der Waals surface area contributed by atoms with Crippen molar-refractivity contribution in [1.82, 2.24) is 20.5 Å². The predicted molar refractivity (Wildman–Crippen MR) is 69.0 cm³/mol. The van der Waals surface area contributed by atoms with E-state index >= 15 is 0 Å². The van der Waals surface area contributed by atoms with E-state index in [9.17, 15) is 12.8 Å².